The summed E-state index contributed by atoms with van der Waals surface area (Å²) in [5, 5.41) is 10.0. The Kier molecular flexibility index (Phi) is 4.49. The lowest BCUT2D eigenvalue weighted by Crippen LogP contribution is -2.13. The summed E-state index contributed by atoms with van der Waals surface area (Å²) < 4.78 is 24.9. The Morgan fingerprint density at radius 2 is 2.04 bits per heavy atom. The first-order valence-corrected chi connectivity index (χ1v) is 8.03. The summed E-state index contributed by atoms with van der Waals surface area (Å²) in [4.78, 5) is 13.1. The first kappa shape index (κ1) is 17.0. The van der Waals surface area contributed by atoms with Crippen LogP contribution in [0.3, 0.4) is 0 Å². The summed E-state index contributed by atoms with van der Waals surface area (Å²) in [5.41, 5.74) is 1.13. The Morgan fingerprint density at radius 3 is 2.72 bits per heavy atom. The summed E-state index contributed by atoms with van der Waals surface area (Å²) in [7, 11) is 1.40. The van der Waals surface area contributed by atoms with E-state index in [9.17, 15) is 14.3 Å². The molecule has 1 aliphatic carbocycles. The molecule has 1 aliphatic rings. The number of aromatic hydroxyl groups is 1. The van der Waals surface area contributed by atoms with E-state index in [2.05, 4.69) is 0 Å². The molecular formula is C20H19FO4. The van der Waals surface area contributed by atoms with Crippen molar-refractivity contribution in [2.75, 3.05) is 7.11 Å². The number of hydrogen-bond donors (Lipinski definition) is 1. The number of phenolic OH excluding ortho intramolecular Hbond substituents is 1. The van der Waals surface area contributed by atoms with Gasteiger partial charge in [0.25, 0.3) is 0 Å². The van der Waals surface area contributed by atoms with E-state index in [1.54, 1.807) is 12.2 Å². The third kappa shape index (κ3) is 3.09. The Labute approximate surface area is 144 Å². The second-order valence-corrected chi connectivity index (χ2v) is 6.18. The average molecular weight is 342 g/mol. The SMILES string of the molecule is COC1=C(F)CC=C(c2c(C(C)C)oc3cc(O)ccc3c2=O)C=C1. The molecular weight excluding hydrogens is 323 g/mol. The van der Waals surface area contributed by atoms with E-state index in [0.29, 0.717) is 27.9 Å². The van der Waals surface area contributed by atoms with Crippen LogP contribution in [-0.4, -0.2) is 12.2 Å². The molecule has 1 N–H and O–H groups in total. The van der Waals surface area contributed by atoms with Crippen molar-refractivity contribution >= 4 is 16.5 Å². The summed E-state index contributed by atoms with van der Waals surface area (Å²) in [5.74, 6) is 0.220. The van der Waals surface area contributed by atoms with Gasteiger partial charge in [0.05, 0.1) is 18.1 Å². The van der Waals surface area contributed by atoms with Crippen molar-refractivity contribution in [3.8, 4) is 5.75 Å². The maximum atomic E-state index is 14.0. The number of halogens is 1. The van der Waals surface area contributed by atoms with E-state index in [-0.39, 0.29) is 29.3 Å². The summed E-state index contributed by atoms with van der Waals surface area (Å²) >= 11 is 0. The largest absolute Gasteiger partial charge is 0.508 e. The molecule has 0 saturated heterocycles. The fourth-order valence-corrected chi connectivity index (χ4v) is 2.87. The van der Waals surface area contributed by atoms with Gasteiger partial charge < -0.3 is 14.3 Å². The number of methoxy groups -OCH3 is 1. The number of phenols is 1. The monoisotopic (exact) mass is 342 g/mol. The molecule has 5 heteroatoms. The van der Waals surface area contributed by atoms with Gasteiger partial charge in [0.2, 0.25) is 5.43 Å². The summed E-state index contributed by atoms with van der Waals surface area (Å²) in [6.07, 6.45) is 4.87. The molecule has 0 bridgehead atoms. The fraction of sp³-hybridized carbons (Fsp3) is 0.250. The number of fused-ring (bicyclic) bond motifs is 1. The van der Waals surface area contributed by atoms with Gasteiger partial charge in [-0.25, -0.2) is 4.39 Å². The van der Waals surface area contributed by atoms with E-state index in [0.717, 1.165) is 0 Å². The van der Waals surface area contributed by atoms with E-state index >= 15 is 0 Å². The van der Waals surface area contributed by atoms with Gasteiger partial charge >= 0.3 is 0 Å². The van der Waals surface area contributed by atoms with Gasteiger partial charge in [-0.2, -0.15) is 0 Å². The predicted molar refractivity (Wildman–Crippen MR) is 95.1 cm³/mol. The molecule has 0 amide bonds. The van der Waals surface area contributed by atoms with Crippen molar-refractivity contribution in [1.29, 1.82) is 0 Å². The van der Waals surface area contributed by atoms with E-state index in [1.807, 2.05) is 13.8 Å². The second-order valence-electron chi connectivity index (χ2n) is 6.18. The van der Waals surface area contributed by atoms with Gasteiger partial charge in [0.1, 0.15) is 22.9 Å². The lowest BCUT2D eigenvalue weighted by molar-refractivity contribution is 0.289. The van der Waals surface area contributed by atoms with Crippen molar-refractivity contribution < 1.29 is 18.7 Å². The highest BCUT2D eigenvalue weighted by Crippen LogP contribution is 2.31. The number of ether oxygens (including phenoxy) is 1. The minimum Gasteiger partial charge on any atom is -0.508 e. The van der Waals surface area contributed by atoms with Gasteiger partial charge in [-0.3, -0.25) is 4.79 Å². The summed E-state index contributed by atoms with van der Waals surface area (Å²) in [6, 6.07) is 4.40. The Morgan fingerprint density at radius 1 is 1.28 bits per heavy atom. The number of rotatable bonds is 3. The van der Waals surface area contributed by atoms with E-state index in [1.165, 1.54) is 31.4 Å². The molecule has 0 fully saturated rings. The van der Waals surface area contributed by atoms with Crippen LogP contribution in [0.1, 0.15) is 37.5 Å². The third-order valence-electron chi connectivity index (χ3n) is 4.12. The molecule has 0 radical (unpaired) electrons. The molecule has 2 aromatic rings. The maximum absolute atomic E-state index is 14.0. The lowest BCUT2D eigenvalue weighted by atomic mass is 9.96. The van der Waals surface area contributed by atoms with Crippen LogP contribution in [0.25, 0.3) is 16.5 Å². The normalized spacial score (nSPS) is 14.8. The minimum atomic E-state index is -0.394. The molecule has 1 aromatic heterocycles. The molecule has 25 heavy (non-hydrogen) atoms. The summed E-state index contributed by atoms with van der Waals surface area (Å²) in [6.45, 7) is 3.83. The lowest BCUT2D eigenvalue weighted by Gasteiger charge is -2.13. The molecule has 0 saturated carbocycles. The number of hydrogen-bond acceptors (Lipinski definition) is 4. The molecule has 3 rings (SSSR count). The zero-order valence-corrected chi connectivity index (χ0v) is 14.3. The van der Waals surface area contributed by atoms with Crippen molar-refractivity contribution in [3.05, 3.63) is 69.6 Å². The highest BCUT2D eigenvalue weighted by molar-refractivity contribution is 5.85. The van der Waals surface area contributed by atoms with Crippen molar-refractivity contribution in [2.45, 2.75) is 26.2 Å². The van der Waals surface area contributed by atoms with Crippen LogP contribution in [0.2, 0.25) is 0 Å². The van der Waals surface area contributed by atoms with E-state index in [4.69, 9.17) is 9.15 Å². The number of allylic oxidation sites excluding steroid dienone is 5. The van der Waals surface area contributed by atoms with Crippen molar-refractivity contribution in [1.82, 2.24) is 0 Å². The Balaban J connectivity index is 2.26. The first-order valence-electron chi connectivity index (χ1n) is 8.03. The Bertz CT molecular complexity index is 977. The van der Waals surface area contributed by atoms with Crippen LogP contribution >= 0.6 is 0 Å². The molecule has 1 heterocycles. The zero-order valence-electron chi connectivity index (χ0n) is 14.3. The standard InChI is InChI=1S/C20H19FO4/c1-11(2)20-18(12-4-8-15(21)16(24-3)9-5-12)19(23)14-7-6-13(22)10-17(14)25-20/h4-7,9-11,22H,8H2,1-3H3. The van der Waals surface area contributed by atoms with Gasteiger partial charge in [0, 0.05) is 18.4 Å². The third-order valence-corrected chi connectivity index (χ3v) is 4.12. The molecule has 1 aromatic carbocycles. The van der Waals surface area contributed by atoms with Crippen LogP contribution < -0.4 is 5.43 Å². The number of benzene rings is 1. The van der Waals surface area contributed by atoms with Crippen molar-refractivity contribution in [3.63, 3.8) is 0 Å². The minimum absolute atomic E-state index is 0.0303. The molecule has 4 nitrogen and oxygen atoms in total. The smallest absolute Gasteiger partial charge is 0.200 e. The van der Waals surface area contributed by atoms with Crippen molar-refractivity contribution in [2.24, 2.45) is 0 Å². The van der Waals surface area contributed by atoms with Crippen LogP contribution in [0.5, 0.6) is 5.75 Å². The average Bonchev–Trinajstić information content (AvgIpc) is 2.75. The quantitative estimate of drug-likeness (QED) is 0.871. The molecule has 130 valence electrons. The fourth-order valence-electron chi connectivity index (χ4n) is 2.87. The van der Waals surface area contributed by atoms with Gasteiger partial charge in [0.15, 0.2) is 5.76 Å². The van der Waals surface area contributed by atoms with Crippen LogP contribution in [-0.2, 0) is 4.74 Å². The zero-order chi connectivity index (χ0) is 18.1. The molecule has 0 aliphatic heterocycles. The first-order chi connectivity index (χ1) is 11.9. The highest BCUT2D eigenvalue weighted by atomic mass is 19.1. The Hall–Kier alpha value is -2.82. The maximum Gasteiger partial charge on any atom is 0.200 e. The van der Waals surface area contributed by atoms with Crippen LogP contribution in [0.4, 0.5) is 4.39 Å². The van der Waals surface area contributed by atoms with Crippen LogP contribution in [0.15, 0.2) is 57.2 Å². The van der Waals surface area contributed by atoms with Gasteiger partial charge in [-0.15, -0.1) is 0 Å². The highest BCUT2D eigenvalue weighted by Gasteiger charge is 2.21. The predicted octanol–water partition coefficient (Wildman–Crippen LogP) is 4.79. The van der Waals surface area contributed by atoms with Gasteiger partial charge in [-0.1, -0.05) is 26.0 Å². The molecule has 0 unspecified atom stereocenters. The van der Waals surface area contributed by atoms with Gasteiger partial charge in [-0.05, 0) is 23.8 Å². The second kappa shape index (κ2) is 6.59. The van der Waals surface area contributed by atoms with Crippen LogP contribution in [0, 0.1) is 0 Å². The molecule has 0 spiro atoms. The molecule has 0 atom stereocenters. The topological polar surface area (TPSA) is 59.7 Å². The van der Waals surface area contributed by atoms with E-state index < -0.39 is 5.83 Å².